The second kappa shape index (κ2) is 10.2. The van der Waals surface area contributed by atoms with Gasteiger partial charge in [0.25, 0.3) is 0 Å². The molecule has 0 bridgehead atoms. The van der Waals surface area contributed by atoms with Crippen molar-refractivity contribution in [2.45, 2.75) is 103 Å². The van der Waals surface area contributed by atoms with Gasteiger partial charge in [0.05, 0.1) is 18.2 Å². The Labute approximate surface area is 199 Å². The van der Waals surface area contributed by atoms with E-state index in [2.05, 4.69) is 46.9 Å². The molecule has 1 N–H and O–H groups in total. The molecule has 2 fully saturated rings. The molecule has 2 saturated heterocycles. The third-order valence-electron chi connectivity index (χ3n) is 7.28. The van der Waals surface area contributed by atoms with Crippen molar-refractivity contribution in [3.63, 3.8) is 0 Å². The highest BCUT2D eigenvalue weighted by molar-refractivity contribution is 6.77. The van der Waals surface area contributed by atoms with Crippen LogP contribution in [0.4, 0.5) is 4.79 Å². The van der Waals surface area contributed by atoms with Crippen molar-refractivity contribution in [1.82, 2.24) is 10.2 Å². The molecule has 1 aromatic rings. The van der Waals surface area contributed by atoms with Crippen LogP contribution in [0, 0.1) is 0 Å². The molecule has 2 aliphatic rings. The summed E-state index contributed by atoms with van der Waals surface area (Å²) in [6.45, 7) is 17.5. The molecular weight excluding hydrogens is 436 g/mol. The van der Waals surface area contributed by atoms with Crippen LogP contribution in [0.1, 0.15) is 67.0 Å². The standard InChI is InChI=1S/C25H40N2O5Si/c1-15(2)33(16(3)4,17(5)6)32-19(8)24-26-23(28)22(18(7)31-24)27-21(14-30-25(27)29)20-12-10-9-11-13-20/h9-13,15-19,21-22,24H,14H2,1-8H3,(H,26,28)/t18-,19+,21-,22-,24-/m1/s1. The number of carbonyl (C=O) groups excluding carboxylic acids is 2. The van der Waals surface area contributed by atoms with Crippen molar-refractivity contribution in [3.05, 3.63) is 35.9 Å². The van der Waals surface area contributed by atoms with Gasteiger partial charge in [-0.3, -0.25) is 9.69 Å². The van der Waals surface area contributed by atoms with Gasteiger partial charge >= 0.3 is 6.09 Å². The van der Waals surface area contributed by atoms with Gasteiger partial charge in [-0.1, -0.05) is 71.9 Å². The number of hydrogen-bond donors (Lipinski definition) is 1. The molecule has 0 saturated carbocycles. The summed E-state index contributed by atoms with van der Waals surface area (Å²) < 4.78 is 18.4. The topological polar surface area (TPSA) is 77.1 Å². The summed E-state index contributed by atoms with van der Waals surface area (Å²) in [5.41, 5.74) is 2.21. The molecule has 0 spiro atoms. The van der Waals surface area contributed by atoms with E-state index in [-0.39, 0.29) is 24.7 Å². The monoisotopic (exact) mass is 476 g/mol. The van der Waals surface area contributed by atoms with E-state index in [4.69, 9.17) is 13.9 Å². The molecule has 8 heteroatoms. The molecule has 1 aromatic carbocycles. The third kappa shape index (κ3) is 4.84. The molecule has 3 rings (SSSR count). The van der Waals surface area contributed by atoms with Crippen molar-refractivity contribution < 1.29 is 23.5 Å². The largest absolute Gasteiger partial charge is 0.447 e. The zero-order valence-corrected chi connectivity index (χ0v) is 22.2. The first-order chi connectivity index (χ1) is 15.5. The lowest BCUT2D eigenvalue weighted by molar-refractivity contribution is -0.164. The Kier molecular flexibility index (Phi) is 7.91. The Morgan fingerprint density at radius 3 is 2.09 bits per heavy atom. The Morgan fingerprint density at radius 1 is 1.00 bits per heavy atom. The first kappa shape index (κ1) is 25.7. The molecule has 0 radical (unpaired) electrons. The molecule has 2 aliphatic heterocycles. The number of rotatable bonds is 8. The summed E-state index contributed by atoms with van der Waals surface area (Å²) >= 11 is 0. The Morgan fingerprint density at radius 2 is 1.58 bits per heavy atom. The number of amides is 2. The lowest BCUT2D eigenvalue weighted by atomic mass is 10.0. The van der Waals surface area contributed by atoms with E-state index in [0.717, 1.165) is 5.56 Å². The van der Waals surface area contributed by atoms with Gasteiger partial charge in [0, 0.05) is 0 Å². The molecule has 0 unspecified atom stereocenters. The van der Waals surface area contributed by atoms with Crippen molar-refractivity contribution in [2.75, 3.05) is 6.61 Å². The summed E-state index contributed by atoms with van der Waals surface area (Å²) in [7, 11) is -2.14. The zero-order chi connectivity index (χ0) is 24.5. The van der Waals surface area contributed by atoms with E-state index in [9.17, 15) is 9.59 Å². The van der Waals surface area contributed by atoms with E-state index in [1.54, 1.807) is 0 Å². The van der Waals surface area contributed by atoms with Gasteiger partial charge in [-0.25, -0.2) is 4.79 Å². The molecule has 5 atom stereocenters. The lowest BCUT2D eigenvalue weighted by Gasteiger charge is -2.47. The van der Waals surface area contributed by atoms with Crippen LogP contribution in [0.3, 0.4) is 0 Å². The number of nitrogens with one attached hydrogen (secondary N) is 1. The lowest BCUT2D eigenvalue weighted by Crippen LogP contribution is -2.65. The van der Waals surface area contributed by atoms with E-state index >= 15 is 0 Å². The van der Waals surface area contributed by atoms with Gasteiger partial charge in [-0.15, -0.1) is 0 Å². The van der Waals surface area contributed by atoms with Crippen molar-refractivity contribution in [2.24, 2.45) is 0 Å². The minimum atomic E-state index is -2.14. The Balaban J connectivity index is 1.78. The van der Waals surface area contributed by atoms with Crippen LogP contribution in [0.2, 0.25) is 16.6 Å². The molecule has 2 heterocycles. The number of carbonyl (C=O) groups is 2. The van der Waals surface area contributed by atoms with Crippen molar-refractivity contribution in [1.29, 1.82) is 0 Å². The normalized spacial score (nSPS) is 27.3. The molecule has 2 amide bonds. The predicted octanol–water partition coefficient (Wildman–Crippen LogP) is 4.99. The van der Waals surface area contributed by atoms with Crippen LogP contribution in [-0.2, 0) is 18.7 Å². The maximum Gasteiger partial charge on any atom is 0.411 e. The van der Waals surface area contributed by atoms with Gasteiger partial charge < -0.3 is 19.2 Å². The fraction of sp³-hybridized carbons (Fsp3) is 0.680. The van der Waals surface area contributed by atoms with Crippen molar-refractivity contribution in [3.8, 4) is 0 Å². The number of nitrogens with zero attached hydrogens (tertiary/aromatic N) is 1. The van der Waals surface area contributed by atoms with Crippen LogP contribution in [-0.4, -0.2) is 56.3 Å². The van der Waals surface area contributed by atoms with Crippen LogP contribution >= 0.6 is 0 Å². The highest BCUT2D eigenvalue weighted by atomic mass is 28.4. The molecule has 184 valence electrons. The second-order valence-electron chi connectivity index (χ2n) is 10.3. The first-order valence-corrected chi connectivity index (χ1v) is 14.3. The van der Waals surface area contributed by atoms with E-state index in [1.807, 2.05) is 44.2 Å². The maximum absolute atomic E-state index is 13.3. The van der Waals surface area contributed by atoms with Gasteiger partial charge in [-0.2, -0.15) is 0 Å². The van der Waals surface area contributed by atoms with Crippen LogP contribution < -0.4 is 5.32 Å². The van der Waals surface area contributed by atoms with E-state index < -0.39 is 32.8 Å². The minimum absolute atomic E-state index is 0.216. The molecular formula is C25H40N2O5Si. The number of cyclic esters (lactones) is 1. The summed E-state index contributed by atoms with van der Waals surface area (Å²) in [4.78, 5) is 27.5. The average Bonchev–Trinajstić information content (AvgIpc) is 3.12. The second-order valence-corrected chi connectivity index (χ2v) is 15.7. The van der Waals surface area contributed by atoms with Gasteiger partial charge in [0.1, 0.15) is 12.6 Å². The molecule has 33 heavy (non-hydrogen) atoms. The van der Waals surface area contributed by atoms with Gasteiger partial charge in [-0.05, 0) is 36.0 Å². The van der Waals surface area contributed by atoms with E-state index in [1.165, 1.54) is 4.90 Å². The van der Waals surface area contributed by atoms with Crippen LogP contribution in [0.15, 0.2) is 30.3 Å². The highest BCUT2D eigenvalue weighted by Gasteiger charge is 2.51. The fourth-order valence-corrected chi connectivity index (χ4v) is 11.4. The molecule has 0 aliphatic carbocycles. The summed E-state index contributed by atoms with van der Waals surface area (Å²) in [5, 5.41) is 2.99. The van der Waals surface area contributed by atoms with E-state index in [0.29, 0.717) is 16.6 Å². The molecule has 0 aromatic heterocycles. The van der Waals surface area contributed by atoms with Crippen molar-refractivity contribution >= 4 is 20.3 Å². The SMILES string of the molecule is CC(C)[Si](O[C@@H](C)[C@@H]1NC(=O)[C@H](N2C(=O)OC[C@@H]2c2ccccc2)[C@@H](C)O1)(C(C)C)C(C)C. The predicted molar refractivity (Wildman–Crippen MR) is 130 cm³/mol. The Bertz CT molecular complexity index is 810. The van der Waals surface area contributed by atoms with Gasteiger partial charge in [0.2, 0.25) is 14.2 Å². The summed E-state index contributed by atoms with van der Waals surface area (Å²) in [5.74, 6) is -0.236. The fourth-order valence-electron chi connectivity index (χ4n) is 5.82. The zero-order valence-electron chi connectivity index (χ0n) is 21.2. The molecule has 7 nitrogen and oxygen atoms in total. The smallest absolute Gasteiger partial charge is 0.411 e. The number of benzene rings is 1. The minimum Gasteiger partial charge on any atom is -0.447 e. The number of hydrogen-bond acceptors (Lipinski definition) is 5. The summed E-state index contributed by atoms with van der Waals surface area (Å²) in [6, 6.07) is 8.55. The third-order valence-corrected chi connectivity index (χ3v) is 13.5. The number of ether oxygens (including phenoxy) is 2. The average molecular weight is 477 g/mol. The maximum atomic E-state index is 13.3. The van der Waals surface area contributed by atoms with Gasteiger partial charge in [0.15, 0.2) is 6.23 Å². The first-order valence-electron chi connectivity index (χ1n) is 12.1. The van der Waals surface area contributed by atoms with Crippen LogP contribution in [0.25, 0.3) is 0 Å². The highest BCUT2D eigenvalue weighted by Crippen LogP contribution is 2.43. The Hall–Kier alpha value is -1.90. The van der Waals surface area contributed by atoms with Crippen LogP contribution in [0.5, 0.6) is 0 Å². The summed E-state index contributed by atoms with van der Waals surface area (Å²) in [6.07, 6.45) is -1.86. The quantitative estimate of drug-likeness (QED) is 0.535.